The molecule has 1 saturated heterocycles. The number of hydrogen-bond donors (Lipinski definition) is 1. The Labute approximate surface area is 131 Å². The Hall–Kier alpha value is -1.81. The highest BCUT2D eigenvalue weighted by atomic mass is 16.5. The van der Waals surface area contributed by atoms with E-state index >= 15 is 0 Å². The standard InChI is InChI=1S/C18H24N2O2/c1-3-13-9-10-19-11-16(13)18-20-12-17(22-18)14-5-7-15(8-6-14)21-4-2/h5-8,12-13,16,19H,3-4,9-11H2,1-2H3. The van der Waals surface area contributed by atoms with Crippen LogP contribution in [-0.4, -0.2) is 24.7 Å². The van der Waals surface area contributed by atoms with Gasteiger partial charge < -0.3 is 14.5 Å². The van der Waals surface area contributed by atoms with Gasteiger partial charge in [0.15, 0.2) is 11.7 Å². The first-order valence-corrected chi connectivity index (χ1v) is 8.21. The Bertz CT molecular complexity index is 591. The third-order valence-electron chi connectivity index (χ3n) is 4.44. The van der Waals surface area contributed by atoms with Crippen molar-refractivity contribution in [3.8, 4) is 17.1 Å². The normalized spacial score (nSPS) is 21.7. The molecule has 4 heteroatoms. The van der Waals surface area contributed by atoms with Gasteiger partial charge in [-0.2, -0.15) is 0 Å². The largest absolute Gasteiger partial charge is 0.494 e. The Morgan fingerprint density at radius 1 is 1.27 bits per heavy atom. The number of nitrogens with zero attached hydrogens (tertiary/aromatic N) is 1. The van der Waals surface area contributed by atoms with Crippen LogP contribution in [0.2, 0.25) is 0 Å². The van der Waals surface area contributed by atoms with Gasteiger partial charge in [-0.1, -0.05) is 13.3 Å². The van der Waals surface area contributed by atoms with E-state index in [0.717, 1.165) is 36.1 Å². The zero-order valence-electron chi connectivity index (χ0n) is 13.3. The van der Waals surface area contributed by atoms with Crippen molar-refractivity contribution >= 4 is 0 Å². The summed E-state index contributed by atoms with van der Waals surface area (Å²) in [5.41, 5.74) is 1.04. The van der Waals surface area contributed by atoms with Crippen molar-refractivity contribution < 1.29 is 9.15 Å². The second-order valence-electron chi connectivity index (χ2n) is 5.79. The molecule has 0 spiro atoms. The van der Waals surface area contributed by atoms with E-state index in [1.54, 1.807) is 0 Å². The summed E-state index contributed by atoms with van der Waals surface area (Å²) in [4.78, 5) is 4.54. The highest BCUT2D eigenvalue weighted by Gasteiger charge is 2.28. The number of rotatable bonds is 5. The van der Waals surface area contributed by atoms with Gasteiger partial charge >= 0.3 is 0 Å². The zero-order valence-corrected chi connectivity index (χ0v) is 13.3. The number of nitrogens with one attached hydrogen (secondary N) is 1. The van der Waals surface area contributed by atoms with Gasteiger partial charge in [-0.3, -0.25) is 0 Å². The summed E-state index contributed by atoms with van der Waals surface area (Å²) in [6.45, 7) is 6.97. The molecule has 0 radical (unpaired) electrons. The quantitative estimate of drug-likeness (QED) is 0.911. The van der Waals surface area contributed by atoms with E-state index < -0.39 is 0 Å². The van der Waals surface area contributed by atoms with Crippen LogP contribution in [0, 0.1) is 5.92 Å². The van der Waals surface area contributed by atoms with E-state index in [-0.39, 0.29) is 0 Å². The molecule has 2 atom stereocenters. The van der Waals surface area contributed by atoms with E-state index in [2.05, 4.69) is 17.2 Å². The smallest absolute Gasteiger partial charge is 0.199 e. The third kappa shape index (κ3) is 3.17. The van der Waals surface area contributed by atoms with E-state index in [0.29, 0.717) is 18.4 Å². The first-order chi connectivity index (χ1) is 10.8. The fourth-order valence-corrected chi connectivity index (χ4v) is 3.17. The predicted octanol–water partition coefficient (Wildman–Crippen LogP) is 3.84. The SMILES string of the molecule is CCOc1ccc(-c2cnc(C3CNCCC3CC)o2)cc1. The minimum Gasteiger partial charge on any atom is -0.494 e. The number of aromatic nitrogens is 1. The molecular weight excluding hydrogens is 276 g/mol. The Morgan fingerprint density at radius 3 is 2.82 bits per heavy atom. The molecule has 1 aromatic carbocycles. The van der Waals surface area contributed by atoms with Crippen molar-refractivity contribution in [3.05, 3.63) is 36.4 Å². The van der Waals surface area contributed by atoms with Crippen molar-refractivity contribution in [1.82, 2.24) is 10.3 Å². The summed E-state index contributed by atoms with van der Waals surface area (Å²) >= 11 is 0. The topological polar surface area (TPSA) is 47.3 Å². The fourth-order valence-electron chi connectivity index (χ4n) is 3.17. The summed E-state index contributed by atoms with van der Waals surface area (Å²) in [5, 5.41) is 3.45. The van der Waals surface area contributed by atoms with Crippen LogP contribution in [0.3, 0.4) is 0 Å². The summed E-state index contributed by atoms with van der Waals surface area (Å²) in [5.74, 6) is 3.62. The molecule has 2 unspecified atom stereocenters. The van der Waals surface area contributed by atoms with Gasteiger partial charge in [0.25, 0.3) is 0 Å². The Kier molecular flexibility index (Phi) is 4.78. The van der Waals surface area contributed by atoms with Gasteiger partial charge in [-0.15, -0.1) is 0 Å². The van der Waals surface area contributed by atoms with Crippen molar-refractivity contribution in [2.75, 3.05) is 19.7 Å². The molecule has 0 amide bonds. The van der Waals surface area contributed by atoms with Crippen LogP contribution in [0.15, 0.2) is 34.9 Å². The molecule has 1 aromatic heterocycles. The molecule has 2 heterocycles. The average Bonchev–Trinajstić information content (AvgIpc) is 3.05. The minimum atomic E-state index is 0.384. The fraction of sp³-hybridized carbons (Fsp3) is 0.500. The number of piperidine rings is 1. The van der Waals surface area contributed by atoms with Gasteiger partial charge in [-0.05, 0) is 50.1 Å². The average molecular weight is 300 g/mol. The lowest BCUT2D eigenvalue weighted by molar-refractivity contribution is 0.275. The van der Waals surface area contributed by atoms with Crippen LogP contribution in [0.25, 0.3) is 11.3 Å². The summed E-state index contributed by atoms with van der Waals surface area (Å²) < 4.78 is 11.5. The first-order valence-electron chi connectivity index (χ1n) is 8.21. The summed E-state index contributed by atoms with van der Waals surface area (Å²) in [6, 6.07) is 7.98. The molecule has 2 aromatic rings. The van der Waals surface area contributed by atoms with Crippen LogP contribution in [-0.2, 0) is 0 Å². The third-order valence-corrected chi connectivity index (χ3v) is 4.44. The van der Waals surface area contributed by atoms with Crippen LogP contribution in [0.4, 0.5) is 0 Å². The molecule has 0 bridgehead atoms. The van der Waals surface area contributed by atoms with E-state index in [1.807, 2.05) is 37.4 Å². The molecular formula is C18H24N2O2. The molecule has 118 valence electrons. The molecule has 4 nitrogen and oxygen atoms in total. The highest BCUT2D eigenvalue weighted by Crippen LogP contribution is 2.33. The van der Waals surface area contributed by atoms with E-state index in [4.69, 9.17) is 9.15 Å². The number of benzene rings is 1. The number of oxazole rings is 1. The lowest BCUT2D eigenvalue weighted by Gasteiger charge is -2.29. The molecule has 1 aliphatic heterocycles. The minimum absolute atomic E-state index is 0.384. The monoisotopic (exact) mass is 300 g/mol. The maximum Gasteiger partial charge on any atom is 0.199 e. The van der Waals surface area contributed by atoms with Crippen LogP contribution < -0.4 is 10.1 Å². The van der Waals surface area contributed by atoms with Gasteiger partial charge in [0, 0.05) is 12.1 Å². The van der Waals surface area contributed by atoms with Gasteiger partial charge in [0.05, 0.1) is 18.7 Å². The maximum atomic E-state index is 6.05. The van der Waals surface area contributed by atoms with Crippen molar-refractivity contribution in [3.63, 3.8) is 0 Å². The van der Waals surface area contributed by atoms with Crippen LogP contribution in [0.1, 0.15) is 38.5 Å². The second-order valence-corrected chi connectivity index (χ2v) is 5.79. The molecule has 1 fully saturated rings. The molecule has 22 heavy (non-hydrogen) atoms. The van der Waals surface area contributed by atoms with Crippen LogP contribution >= 0.6 is 0 Å². The van der Waals surface area contributed by atoms with E-state index in [1.165, 1.54) is 12.8 Å². The number of hydrogen-bond acceptors (Lipinski definition) is 4. The molecule has 1 N–H and O–H groups in total. The van der Waals surface area contributed by atoms with Gasteiger partial charge in [0.1, 0.15) is 5.75 Å². The summed E-state index contributed by atoms with van der Waals surface area (Å²) in [6.07, 6.45) is 4.21. The van der Waals surface area contributed by atoms with Crippen LogP contribution in [0.5, 0.6) is 5.75 Å². The van der Waals surface area contributed by atoms with E-state index in [9.17, 15) is 0 Å². The predicted molar refractivity (Wildman–Crippen MR) is 87.1 cm³/mol. The second kappa shape index (κ2) is 6.97. The lowest BCUT2D eigenvalue weighted by Crippen LogP contribution is -2.35. The molecule has 0 aliphatic carbocycles. The molecule has 1 aliphatic rings. The lowest BCUT2D eigenvalue weighted by atomic mass is 9.84. The van der Waals surface area contributed by atoms with Crippen molar-refractivity contribution in [2.24, 2.45) is 5.92 Å². The van der Waals surface area contributed by atoms with Gasteiger partial charge in [-0.25, -0.2) is 4.98 Å². The van der Waals surface area contributed by atoms with Crippen molar-refractivity contribution in [1.29, 1.82) is 0 Å². The maximum absolute atomic E-state index is 6.05. The Morgan fingerprint density at radius 2 is 2.09 bits per heavy atom. The summed E-state index contributed by atoms with van der Waals surface area (Å²) in [7, 11) is 0. The zero-order chi connectivity index (χ0) is 15.4. The Balaban J connectivity index is 1.77. The molecule has 3 rings (SSSR count). The number of ether oxygens (including phenoxy) is 1. The molecule has 0 saturated carbocycles. The van der Waals surface area contributed by atoms with Crippen molar-refractivity contribution in [2.45, 2.75) is 32.6 Å². The first kappa shape index (κ1) is 15.1. The highest BCUT2D eigenvalue weighted by molar-refractivity contribution is 5.57. The van der Waals surface area contributed by atoms with Gasteiger partial charge in [0.2, 0.25) is 0 Å².